The molecule has 0 aromatic rings. The van der Waals surface area contributed by atoms with Gasteiger partial charge in [-0.25, -0.2) is 8.78 Å². The van der Waals surface area contributed by atoms with Crippen LogP contribution < -0.4 is 5.32 Å². The number of halogens is 3. The van der Waals surface area contributed by atoms with Gasteiger partial charge in [0.1, 0.15) is 5.41 Å². The molecule has 15 heavy (non-hydrogen) atoms. The molecule has 2 atom stereocenters. The SMILES string of the molecule is O=C(NC1CCCC1Br)C1(C(F)F)CC1. The van der Waals surface area contributed by atoms with E-state index in [1.165, 1.54) is 0 Å². The Morgan fingerprint density at radius 3 is 2.47 bits per heavy atom. The molecule has 1 N–H and O–H groups in total. The molecule has 0 spiro atoms. The zero-order valence-corrected chi connectivity index (χ0v) is 9.90. The Kier molecular flexibility index (Phi) is 3.01. The highest BCUT2D eigenvalue weighted by Crippen LogP contribution is 2.51. The van der Waals surface area contributed by atoms with Gasteiger partial charge in [-0.1, -0.05) is 22.4 Å². The highest BCUT2D eigenvalue weighted by atomic mass is 79.9. The summed E-state index contributed by atoms with van der Waals surface area (Å²) in [5, 5.41) is 2.75. The van der Waals surface area contributed by atoms with E-state index in [-0.39, 0.29) is 10.9 Å². The molecule has 5 heteroatoms. The third-order valence-electron chi connectivity index (χ3n) is 3.41. The average Bonchev–Trinajstić information content (AvgIpc) is 2.89. The lowest BCUT2D eigenvalue weighted by Crippen LogP contribution is -2.44. The average molecular weight is 282 g/mol. The maximum Gasteiger partial charge on any atom is 0.252 e. The van der Waals surface area contributed by atoms with Gasteiger partial charge in [-0.05, 0) is 25.7 Å². The minimum absolute atomic E-state index is 0.0359. The van der Waals surface area contributed by atoms with Crippen LogP contribution in [-0.2, 0) is 4.79 Å². The van der Waals surface area contributed by atoms with Crippen LogP contribution in [0.25, 0.3) is 0 Å². The van der Waals surface area contributed by atoms with Gasteiger partial charge in [-0.15, -0.1) is 0 Å². The Labute approximate surface area is 95.9 Å². The highest BCUT2D eigenvalue weighted by molar-refractivity contribution is 9.09. The smallest absolute Gasteiger partial charge is 0.252 e. The summed E-state index contributed by atoms with van der Waals surface area (Å²) in [5.74, 6) is -0.450. The lowest BCUT2D eigenvalue weighted by molar-refractivity contribution is -0.132. The zero-order chi connectivity index (χ0) is 11.1. The summed E-state index contributed by atoms with van der Waals surface area (Å²) < 4.78 is 25.2. The number of carbonyl (C=O) groups excluding carboxylic acids is 1. The number of rotatable bonds is 3. The van der Waals surface area contributed by atoms with Gasteiger partial charge in [-0.3, -0.25) is 4.79 Å². The van der Waals surface area contributed by atoms with Crippen molar-refractivity contribution >= 4 is 21.8 Å². The molecular weight excluding hydrogens is 268 g/mol. The van der Waals surface area contributed by atoms with Crippen LogP contribution in [0.1, 0.15) is 32.1 Å². The molecule has 0 aromatic carbocycles. The van der Waals surface area contributed by atoms with Crippen molar-refractivity contribution in [3.05, 3.63) is 0 Å². The molecule has 2 saturated carbocycles. The fourth-order valence-corrected chi connectivity index (χ4v) is 2.79. The van der Waals surface area contributed by atoms with Crippen molar-refractivity contribution < 1.29 is 13.6 Å². The molecular formula is C10H14BrF2NO. The van der Waals surface area contributed by atoms with Crippen LogP contribution in [0.5, 0.6) is 0 Å². The Bertz CT molecular complexity index is 268. The van der Waals surface area contributed by atoms with Gasteiger partial charge in [0.25, 0.3) is 6.43 Å². The summed E-state index contributed by atoms with van der Waals surface area (Å²) in [6.45, 7) is 0. The van der Waals surface area contributed by atoms with Crippen molar-refractivity contribution in [3.63, 3.8) is 0 Å². The van der Waals surface area contributed by atoms with E-state index in [0.29, 0.717) is 12.8 Å². The first-order chi connectivity index (χ1) is 7.06. The van der Waals surface area contributed by atoms with Crippen molar-refractivity contribution in [1.29, 1.82) is 0 Å². The summed E-state index contributed by atoms with van der Waals surface area (Å²) in [5.41, 5.74) is -1.35. The number of hydrogen-bond donors (Lipinski definition) is 1. The maximum atomic E-state index is 12.6. The van der Waals surface area contributed by atoms with Crippen molar-refractivity contribution in [3.8, 4) is 0 Å². The molecule has 2 fully saturated rings. The molecule has 0 saturated heterocycles. The van der Waals surface area contributed by atoms with Crippen molar-refractivity contribution in [2.75, 3.05) is 0 Å². The molecule has 0 heterocycles. The highest BCUT2D eigenvalue weighted by Gasteiger charge is 2.58. The summed E-state index contributed by atoms with van der Waals surface area (Å²) in [6.07, 6.45) is 1.08. The summed E-state index contributed by atoms with van der Waals surface area (Å²) in [4.78, 5) is 11.9. The van der Waals surface area contributed by atoms with E-state index < -0.39 is 17.7 Å². The normalized spacial score (nSPS) is 33.1. The van der Waals surface area contributed by atoms with Crippen LogP contribution in [0.4, 0.5) is 8.78 Å². The second-order valence-corrected chi connectivity index (χ2v) is 5.66. The van der Waals surface area contributed by atoms with Gasteiger partial charge in [0, 0.05) is 10.9 Å². The van der Waals surface area contributed by atoms with E-state index in [9.17, 15) is 13.6 Å². The van der Waals surface area contributed by atoms with Crippen LogP contribution in [0.3, 0.4) is 0 Å². The van der Waals surface area contributed by atoms with E-state index in [2.05, 4.69) is 21.2 Å². The Hall–Kier alpha value is -0.190. The van der Waals surface area contributed by atoms with Crippen molar-refractivity contribution in [1.82, 2.24) is 5.32 Å². The molecule has 0 aromatic heterocycles. The van der Waals surface area contributed by atoms with Crippen LogP contribution >= 0.6 is 15.9 Å². The largest absolute Gasteiger partial charge is 0.352 e. The third-order valence-corrected chi connectivity index (χ3v) is 4.50. The molecule has 1 amide bonds. The monoisotopic (exact) mass is 281 g/mol. The standard InChI is InChI=1S/C10H14BrF2NO/c11-6-2-1-3-7(6)14-9(15)10(4-5-10)8(12)13/h6-8H,1-5H2,(H,14,15). The van der Waals surface area contributed by atoms with Gasteiger partial charge in [0.2, 0.25) is 5.91 Å². The molecule has 0 bridgehead atoms. The van der Waals surface area contributed by atoms with E-state index in [4.69, 9.17) is 0 Å². The fraction of sp³-hybridized carbons (Fsp3) is 0.900. The summed E-state index contributed by atoms with van der Waals surface area (Å²) in [6, 6.07) is 0.0359. The third kappa shape index (κ3) is 2.03. The van der Waals surface area contributed by atoms with Crippen molar-refractivity contribution in [2.24, 2.45) is 5.41 Å². The van der Waals surface area contributed by atoms with Crippen LogP contribution in [0.2, 0.25) is 0 Å². The number of alkyl halides is 3. The first-order valence-electron chi connectivity index (χ1n) is 5.29. The minimum Gasteiger partial charge on any atom is -0.352 e. The topological polar surface area (TPSA) is 29.1 Å². The van der Waals surface area contributed by atoms with E-state index in [0.717, 1.165) is 19.3 Å². The van der Waals surface area contributed by atoms with Crippen molar-refractivity contribution in [2.45, 2.75) is 49.4 Å². The molecule has 2 aliphatic carbocycles. The lowest BCUT2D eigenvalue weighted by Gasteiger charge is -2.20. The van der Waals surface area contributed by atoms with Crippen LogP contribution in [0.15, 0.2) is 0 Å². The number of nitrogens with one attached hydrogen (secondary N) is 1. The van der Waals surface area contributed by atoms with E-state index in [1.807, 2.05) is 0 Å². The van der Waals surface area contributed by atoms with Gasteiger partial charge in [-0.2, -0.15) is 0 Å². The number of carbonyl (C=O) groups is 1. The minimum atomic E-state index is -2.52. The predicted molar refractivity (Wildman–Crippen MR) is 56.2 cm³/mol. The first-order valence-corrected chi connectivity index (χ1v) is 6.21. The molecule has 2 unspecified atom stereocenters. The van der Waals surface area contributed by atoms with Gasteiger partial charge >= 0.3 is 0 Å². The molecule has 2 rings (SSSR count). The Balaban J connectivity index is 1.92. The van der Waals surface area contributed by atoms with E-state index in [1.54, 1.807) is 0 Å². The van der Waals surface area contributed by atoms with Crippen LogP contribution in [-0.4, -0.2) is 23.2 Å². The molecule has 0 radical (unpaired) electrons. The Morgan fingerprint density at radius 2 is 2.07 bits per heavy atom. The second kappa shape index (κ2) is 4.00. The molecule has 0 aliphatic heterocycles. The maximum absolute atomic E-state index is 12.6. The van der Waals surface area contributed by atoms with Crippen LogP contribution in [0, 0.1) is 5.41 Å². The van der Waals surface area contributed by atoms with Gasteiger partial charge in [0.15, 0.2) is 0 Å². The second-order valence-electron chi connectivity index (χ2n) is 4.48. The first kappa shape index (κ1) is 11.3. The lowest BCUT2D eigenvalue weighted by atomic mass is 10.1. The van der Waals surface area contributed by atoms with Gasteiger partial charge in [0.05, 0.1) is 0 Å². The molecule has 86 valence electrons. The number of amides is 1. The molecule has 2 nitrogen and oxygen atoms in total. The molecule has 2 aliphatic rings. The number of hydrogen-bond acceptors (Lipinski definition) is 1. The quantitative estimate of drug-likeness (QED) is 0.792. The fourth-order valence-electron chi connectivity index (χ4n) is 2.07. The summed E-state index contributed by atoms with van der Waals surface area (Å²) in [7, 11) is 0. The summed E-state index contributed by atoms with van der Waals surface area (Å²) >= 11 is 3.46. The Morgan fingerprint density at radius 1 is 1.40 bits per heavy atom. The predicted octanol–water partition coefficient (Wildman–Crippen LogP) is 2.46. The van der Waals surface area contributed by atoms with E-state index >= 15 is 0 Å². The van der Waals surface area contributed by atoms with Gasteiger partial charge < -0.3 is 5.32 Å². The zero-order valence-electron chi connectivity index (χ0n) is 8.31.